The lowest BCUT2D eigenvalue weighted by Gasteiger charge is -2.36. The number of benzene rings is 2. The molecule has 1 unspecified atom stereocenters. The van der Waals surface area contributed by atoms with Crippen LogP contribution in [0.2, 0.25) is 0 Å². The van der Waals surface area contributed by atoms with Crippen LogP contribution in [0.5, 0.6) is 11.5 Å². The van der Waals surface area contributed by atoms with E-state index in [1.165, 1.54) is 5.56 Å². The topological polar surface area (TPSA) is 48.7 Å². The van der Waals surface area contributed by atoms with E-state index in [4.69, 9.17) is 9.47 Å². The lowest BCUT2D eigenvalue weighted by molar-refractivity contribution is 0.123. The molecular formula is C23H29Cl2N3O2. The van der Waals surface area contributed by atoms with Crippen molar-refractivity contribution in [3.63, 3.8) is 0 Å². The molecule has 2 aromatic rings. The average molecular weight is 450 g/mol. The van der Waals surface area contributed by atoms with Crippen molar-refractivity contribution in [1.82, 2.24) is 9.80 Å². The fourth-order valence-corrected chi connectivity index (χ4v) is 3.50. The van der Waals surface area contributed by atoms with Crippen molar-refractivity contribution in [3.8, 4) is 17.6 Å². The van der Waals surface area contributed by atoms with Gasteiger partial charge in [0, 0.05) is 32.7 Å². The summed E-state index contributed by atoms with van der Waals surface area (Å²) in [6, 6.07) is 18.2. The number of nitrogens with zero attached hydrogens (tertiary/aromatic N) is 3. The van der Waals surface area contributed by atoms with Gasteiger partial charge < -0.3 is 9.47 Å². The Kier molecular flexibility index (Phi) is 11.3. The molecule has 3 rings (SSSR count). The van der Waals surface area contributed by atoms with Crippen LogP contribution in [0.3, 0.4) is 0 Å². The second kappa shape index (κ2) is 13.1. The molecule has 1 atom stereocenters. The smallest absolute Gasteiger partial charge is 0.161 e. The molecule has 0 aliphatic carbocycles. The third-order valence-corrected chi connectivity index (χ3v) is 5.09. The number of nitriles is 1. The van der Waals surface area contributed by atoms with Gasteiger partial charge in [-0.2, -0.15) is 5.26 Å². The van der Waals surface area contributed by atoms with Gasteiger partial charge in [0.1, 0.15) is 6.04 Å². The van der Waals surface area contributed by atoms with Gasteiger partial charge >= 0.3 is 0 Å². The Morgan fingerprint density at radius 2 is 1.63 bits per heavy atom. The van der Waals surface area contributed by atoms with E-state index >= 15 is 0 Å². The van der Waals surface area contributed by atoms with Gasteiger partial charge in [0.25, 0.3) is 0 Å². The largest absolute Gasteiger partial charge is 0.493 e. The van der Waals surface area contributed by atoms with Crippen LogP contribution >= 0.6 is 24.8 Å². The fourth-order valence-electron chi connectivity index (χ4n) is 3.50. The highest BCUT2D eigenvalue weighted by Gasteiger charge is 2.25. The Morgan fingerprint density at radius 1 is 0.967 bits per heavy atom. The Balaban J connectivity index is 0.00000225. The van der Waals surface area contributed by atoms with Gasteiger partial charge in [0.15, 0.2) is 11.5 Å². The lowest BCUT2D eigenvalue weighted by Crippen LogP contribution is -2.47. The maximum absolute atomic E-state index is 9.77. The quantitative estimate of drug-likeness (QED) is 0.624. The Hall–Kier alpha value is -2.23. The van der Waals surface area contributed by atoms with Crippen molar-refractivity contribution in [2.75, 3.05) is 46.9 Å². The molecule has 1 aliphatic rings. The molecule has 1 aliphatic heterocycles. The number of methoxy groups -OCH3 is 2. The van der Waals surface area contributed by atoms with Gasteiger partial charge in [-0.1, -0.05) is 48.6 Å². The highest BCUT2D eigenvalue weighted by Crippen LogP contribution is 2.32. The summed E-state index contributed by atoms with van der Waals surface area (Å²) in [6.07, 6.45) is 4.37. The van der Waals surface area contributed by atoms with Gasteiger partial charge in [-0.15, -0.1) is 24.8 Å². The zero-order valence-electron chi connectivity index (χ0n) is 17.4. The molecule has 1 saturated heterocycles. The first kappa shape index (κ1) is 25.8. The third kappa shape index (κ3) is 6.65. The molecule has 0 amide bonds. The number of rotatable bonds is 7. The Labute approximate surface area is 191 Å². The van der Waals surface area contributed by atoms with E-state index < -0.39 is 0 Å². The van der Waals surface area contributed by atoms with Gasteiger partial charge in [-0.25, -0.2) is 0 Å². The normalized spacial score (nSPS) is 15.5. The molecule has 0 radical (unpaired) electrons. The average Bonchev–Trinajstić information content (AvgIpc) is 2.76. The number of ether oxygens (including phenoxy) is 2. The highest BCUT2D eigenvalue weighted by atomic mass is 35.5. The molecule has 0 saturated carbocycles. The fraction of sp³-hybridized carbons (Fsp3) is 0.348. The van der Waals surface area contributed by atoms with Crippen LogP contribution in [0.4, 0.5) is 0 Å². The van der Waals surface area contributed by atoms with Crippen LogP contribution < -0.4 is 9.47 Å². The van der Waals surface area contributed by atoms with E-state index in [1.807, 2.05) is 24.3 Å². The maximum atomic E-state index is 9.77. The molecule has 0 spiro atoms. The SMILES string of the molecule is COc1ccc(C(C#N)N2CCN(C/C=C/c3ccccc3)CC2)cc1OC.Cl.Cl. The summed E-state index contributed by atoms with van der Waals surface area (Å²) in [5.41, 5.74) is 2.16. The number of hydrogen-bond donors (Lipinski definition) is 0. The summed E-state index contributed by atoms with van der Waals surface area (Å²) in [5.74, 6) is 1.34. The zero-order chi connectivity index (χ0) is 19.8. The first-order valence-electron chi connectivity index (χ1n) is 9.54. The minimum Gasteiger partial charge on any atom is -0.493 e. The van der Waals surface area contributed by atoms with Crippen LogP contribution in [0, 0.1) is 11.3 Å². The highest BCUT2D eigenvalue weighted by molar-refractivity contribution is 5.85. The Morgan fingerprint density at radius 3 is 2.23 bits per heavy atom. The third-order valence-electron chi connectivity index (χ3n) is 5.09. The molecule has 0 bridgehead atoms. The van der Waals surface area contributed by atoms with Gasteiger partial charge in [0.05, 0.1) is 20.3 Å². The van der Waals surface area contributed by atoms with Gasteiger partial charge in [-0.05, 0) is 23.3 Å². The molecule has 0 aromatic heterocycles. The molecule has 7 heteroatoms. The summed E-state index contributed by atoms with van der Waals surface area (Å²) in [7, 11) is 3.23. The molecule has 30 heavy (non-hydrogen) atoms. The van der Waals surface area contributed by atoms with E-state index in [1.54, 1.807) is 14.2 Å². The van der Waals surface area contributed by atoms with Crippen molar-refractivity contribution in [3.05, 3.63) is 65.7 Å². The van der Waals surface area contributed by atoms with Crippen LogP contribution in [0.15, 0.2) is 54.6 Å². The summed E-state index contributed by atoms with van der Waals surface area (Å²) in [4.78, 5) is 4.65. The summed E-state index contributed by atoms with van der Waals surface area (Å²) >= 11 is 0. The van der Waals surface area contributed by atoms with E-state index in [2.05, 4.69) is 52.3 Å². The number of halogens is 2. The van der Waals surface area contributed by atoms with Gasteiger partial charge in [-0.3, -0.25) is 9.80 Å². The predicted molar refractivity (Wildman–Crippen MR) is 126 cm³/mol. The van der Waals surface area contributed by atoms with E-state index in [9.17, 15) is 5.26 Å². The minimum absolute atomic E-state index is 0. The first-order valence-corrected chi connectivity index (χ1v) is 9.54. The van der Waals surface area contributed by atoms with Crippen molar-refractivity contribution in [2.24, 2.45) is 0 Å². The Bertz CT molecular complexity index is 832. The molecule has 162 valence electrons. The summed E-state index contributed by atoms with van der Waals surface area (Å²) in [5, 5.41) is 9.77. The van der Waals surface area contributed by atoms with Crippen LogP contribution in [-0.2, 0) is 0 Å². The molecular weight excluding hydrogens is 421 g/mol. The summed E-state index contributed by atoms with van der Waals surface area (Å²) in [6.45, 7) is 4.56. The monoisotopic (exact) mass is 449 g/mol. The van der Waals surface area contributed by atoms with Crippen molar-refractivity contribution >= 4 is 30.9 Å². The van der Waals surface area contributed by atoms with Gasteiger partial charge in [0.2, 0.25) is 0 Å². The van der Waals surface area contributed by atoms with E-state index in [-0.39, 0.29) is 30.9 Å². The number of piperazine rings is 1. The van der Waals surface area contributed by atoms with Crippen LogP contribution in [-0.4, -0.2) is 56.7 Å². The zero-order valence-corrected chi connectivity index (χ0v) is 19.0. The maximum Gasteiger partial charge on any atom is 0.161 e. The molecule has 0 N–H and O–H groups in total. The van der Waals surface area contributed by atoms with Crippen LogP contribution in [0.1, 0.15) is 17.2 Å². The van der Waals surface area contributed by atoms with Crippen molar-refractivity contribution in [1.29, 1.82) is 5.26 Å². The van der Waals surface area contributed by atoms with Crippen molar-refractivity contribution < 1.29 is 9.47 Å². The summed E-state index contributed by atoms with van der Waals surface area (Å²) < 4.78 is 10.7. The molecule has 1 heterocycles. The van der Waals surface area contributed by atoms with E-state index in [0.717, 1.165) is 38.3 Å². The minimum atomic E-state index is -0.276. The van der Waals surface area contributed by atoms with E-state index in [0.29, 0.717) is 11.5 Å². The molecule has 5 nitrogen and oxygen atoms in total. The lowest BCUT2D eigenvalue weighted by atomic mass is 10.0. The molecule has 1 fully saturated rings. The van der Waals surface area contributed by atoms with Crippen LogP contribution in [0.25, 0.3) is 6.08 Å². The van der Waals surface area contributed by atoms with Crippen molar-refractivity contribution in [2.45, 2.75) is 6.04 Å². The predicted octanol–water partition coefficient (Wildman–Crippen LogP) is 4.44. The standard InChI is InChI=1S/C23H27N3O2.2ClH/c1-27-22-11-10-20(17-23(22)28-2)21(18-24)26-15-13-25(14-16-26)12-6-9-19-7-4-3-5-8-19;;/h3-11,17,21H,12-16H2,1-2H3;2*1H/b9-6+;;. The second-order valence-electron chi connectivity index (χ2n) is 6.80. The molecule has 2 aromatic carbocycles. The first-order chi connectivity index (χ1) is 13.7. The number of hydrogen-bond acceptors (Lipinski definition) is 5. The second-order valence-corrected chi connectivity index (χ2v) is 6.80.